The van der Waals surface area contributed by atoms with Crippen molar-refractivity contribution in [1.82, 2.24) is 24.9 Å². The third-order valence-corrected chi connectivity index (χ3v) is 6.69. The van der Waals surface area contributed by atoms with Crippen LogP contribution in [0.3, 0.4) is 0 Å². The second-order valence-corrected chi connectivity index (χ2v) is 9.58. The van der Waals surface area contributed by atoms with Crippen LogP contribution >= 0.6 is 23.1 Å². The first kappa shape index (κ1) is 24.4. The van der Waals surface area contributed by atoms with Crippen LogP contribution in [-0.2, 0) is 22.4 Å². The number of nitrogens with zero attached hydrogens (tertiary/aromatic N) is 5. The van der Waals surface area contributed by atoms with E-state index in [2.05, 4.69) is 25.9 Å². The van der Waals surface area contributed by atoms with Crippen LogP contribution in [0.4, 0.5) is 10.8 Å². The van der Waals surface area contributed by atoms with Crippen molar-refractivity contribution in [2.75, 3.05) is 24.7 Å². The molecule has 0 spiro atoms. The summed E-state index contributed by atoms with van der Waals surface area (Å²) < 4.78 is 2.28. The minimum absolute atomic E-state index is 0.0336. The van der Waals surface area contributed by atoms with E-state index < -0.39 is 0 Å². The minimum Gasteiger partial charge on any atom is -0.343 e. The van der Waals surface area contributed by atoms with Crippen molar-refractivity contribution in [3.63, 3.8) is 0 Å². The summed E-state index contributed by atoms with van der Waals surface area (Å²) in [5.74, 6) is -0.279. The van der Waals surface area contributed by atoms with Gasteiger partial charge in [-0.3, -0.25) is 19.1 Å². The number of carbonyl (C=O) groups is 3. The summed E-state index contributed by atoms with van der Waals surface area (Å²) in [6.07, 6.45) is -0.0850. The van der Waals surface area contributed by atoms with Gasteiger partial charge in [-0.15, -0.1) is 10.2 Å². The molecule has 33 heavy (non-hydrogen) atoms. The maximum atomic E-state index is 12.4. The van der Waals surface area contributed by atoms with Crippen LogP contribution < -0.4 is 10.6 Å². The molecule has 10 nitrogen and oxygen atoms in total. The Balaban J connectivity index is 1.49. The van der Waals surface area contributed by atoms with Crippen molar-refractivity contribution in [3.05, 3.63) is 47.3 Å². The van der Waals surface area contributed by atoms with E-state index >= 15 is 0 Å². The molecule has 0 aliphatic heterocycles. The molecule has 3 aromatic rings. The maximum Gasteiger partial charge on any atom is 0.276 e. The van der Waals surface area contributed by atoms with Gasteiger partial charge in [-0.25, -0.2) is 0 Å². The monoisotopic (exact) mass is 487 g/mol. The summed E-state index contributed by atoms with van der Waals surface area (Å²) in [6, 6.07) is 10.00. The molecule has 3 amide bonds. The van der Waals surface area contributed by atoms with Crippen LogP contribution in [0.1, 0.15) is 34.6 Å². The number of aromatic nitrogens is 4. The zero-order chi connectivity index (χ0) is 24.0. The number of benzene rings is 1. The Kier molecular flexibility index (Phi) is 8.17. The van der Waals surface area contributed by atoms with Gasteiger partial charge in [0.05, 0.1) is 11.4 Å². The molecule has 2 heterocycles. The Morgan fingerprint density at radius 1 is 1.06 bits per heavy atom. The lowest BCUT2D eigenvalue weighted by atomic mass is 10.2. The molecule has 0 unspecified atom stereocenters. The van der Waals surface area contributed by atoms with Crippen molar-refractivity contribution < 1.29 is 14.4 Å². The molecule has 0 radical (unpaired) electrons. The van der Waals surface area contributed by atoms with Crippen LogP contribution in [0.5, 0.6) is 0 Å². The SMILES string of the molecule is Cc1c(NC(=O)CCC(=O)Nc2nnc(SCc3ccccc3)s2)c(C(=O)N(C)C)nn1C. The van der Waals surface area contributed by atoms with Crippen molar-refractivity contribution in [1.29, 1.82) is 0 Å². The molecule has 12 heteroatoms. The molecule has 0 bridgehead atoms. The van der Waals surface area contributed by atoms with Crippen molar-refractivity contribution in [2.24, 2.45) is 7.05 Å². The molecule has 174 valence electrons. The molecular weight excluding hydrogens is 462 g/mol. The normalized spacial score (nSPS) is 10.7. The van der Waals surface area contributed by atoms with E-state index in [1.165, 1.54) is 26.5 Å². The molecule has 0 aliphatic carbocycles. The largest absolute Gasteiger partial charge is 0.343 e. The summed E-state index contributed by atoms with van der Waals surface area (Å²) in [5, 5.41) is 18.0. The lowest BCUT2D eigenvalue weighted by Crippen LogP contribution is -2.24. The lowest BCUT2D eigenvalue weighted by Gasteiger charge is -2.10. The standard InChI is InChI=1S/C21H25N7O3S2/c1-13-17(18(26-28(13)4)19(31)27(2)3)22-15(29)10-11-16(30)23-20-24-25-21(33-20)32-12-14-8-6-5-7-9-14/h5-9H,10-12H2,1-4H3,(H,22,29)(H,23,24,30). The van der Waals surface area contributed by atoms with Gasteiger partial charge < -0.3 is 15.5 Å². The zero-order valence-electron chi connectivity index (χ0n) is 18.8. The van der Waals surface area contributed by atoms with E-state index in [9.17, 15) is 14.4 Å². The number of thioether (sulfide) groups is 1. The van der Waals surface area contributed by atoms with Crippen LogP contribution in [-0.4, -0.2) is 56.7 Å². The van der Waals surface area contributed by atoms with Crippen LogP contribution in [0.15, 0.2) is 34.7 Å². The van der Waals surface area contributed by atoms with Crippen LogP contribution in [0, 0.1) is 6.92 Å². The third kappa shape index (κ3) is 6.62. The van der Waals surface area contributed by atoms with Gasteiger partial charge in [0.25, 0.3) is 5.91 Å². The number of hydrogen-bond donors (Lipinski definition) is 2. The molecule has 0 fully saturated rings. The summed E-state index contributed by atoms with van der Waals surface area (Å²) in [7, 11) is 4.92. The second kappa shape index (κ2) is 11.1. The van der Waals surface area contributed by atoms with Crippen molar-refractivity contribution >= 4 is 51.6 Å². The van der Waals surface area contributed by atoms with E-state index in [0.29, 0.717) is 16.5 Å². The quantitative estimate of drug-likeness (QED) is 0.351. The van der Waals surface area contributed by atoms with Gasteiger partial charge in [-0.05, 0) is 12.5 Å². The zero-order valence-corrected chi connectivity index (χ0v) is 20.4. The highest BCUT2D eigenvalue weighted by Crippen LogP contribution is 2.28. The van der Waals surface area contributed by atoms with E-state index in [4.69, 9.17) is 0 Å². The van der Waals surface area contributed by atoms with Gasteiger partial charge in [-0.2, -0.15) is 5.10 Å². The average molecular weight is 488 g/mol. The molecule has 0 saturated carbocycles. The average Bonchev–Trinajstić information content (AvgIpc) is 3.35. The molecule has 2 aromatic heterocycles. The number of amides is 3. The number of aryl methyl sites for hydroxylation is 1. The summed E-state index contributed by atoms with van der Waals surface area (Å²) in [4.78, 5) is 38.4. The maximum absolute atomic E-state index is 12.4. The Labute approximate surface area is 199 Å². The van der Waals surface area contributed by atoms with Crippen LogP contribution in [0.2, 0.25) is 0 Å². The summed E-state index contributed by atoms with van der Waals surface area (Å²) in [6.45, 7) is 1.75. The Morgan fingerprint density at radius 2 is 1.73 bits per heavy atom. The van der Waals surface area contributed by atoms with E-state index in [-0.39, 0.29) is 36.3 Å². The van der Waals surface area contributed by atoms with Gasteiger partial charge in [0, 0.05) is 39.7 Å². The first-order chi connectivity index (χ1) is 15.7. The minimum atomic E-state index is -0.384. The Bertz CT molecular complexity index is 1140. The topological polar surface area (TPSA) is 122 Å². The van der Waals surface area contributed by atoms with Gasteiger partial charge in [0.2, 0.25) is 16.9 Å². The highest BCUT2D eigenvalue weighted by atomic mass is 32.2. The van der Waals surface area contributed by atoms with Gasteiger partial charge in [0.15, 0.2) is 10.0 Å². The predicted octanol–water partition coefficient (Wildman–Crippen LogP) is 2.93. The molecule has 0 atom stereocenters. The van der Waals surface area contributed by atoms with Gasteiger partial charge >= 0.3 is 0 Å². The van der Waals surface area contributed by atoms with E-state index in [1.807, 2.05) is 30.3 Å². The molecule has 3 rings (SSSR count). The smallest absolute Gasteiger partial charge is 0.276 e. The molecular formula is C21H25N7O3S2. The fourth-order valence-corrected chi connectivity index (χ4v) is 4.49. The van der Waals surface area contributed by atoms with E-state index in [1.54, 1.807) is 39.8 Å². The first-order valence-corrected chi connectivity index (χ1v) is 11.9. The third-order valence-electron chi connectivity index (χ3n) is 4.64. The predicted molar refractivity (Wildman–Crippen MR) is 128 cm³/mol. The summed E-state index contributed by atoms with van der Waals surface area (Å²) >= 11 is 2.83. The summed E-state index contributed by atoms with van der Waals surface area (Å²) in [5.41, 5.74) is 2.33. The van der Waals surface area contributed by atoms with Crippen molar-refractivity contribution in [2.45, 2.75) is 29.9 Å². The molecule has 0 saturated heterocycles. The fraction of sp³-hybridized carbons (Fsp3) is 0.333. The highest BCUT2D eigenvalue weighted by Gasteiger charge is 2.23. The lowest BCUT2D eigenvalue weighted by molar-refractivity contribution is -0.121. The number of carbonyl (C=O) groups excluding carboxylic acids is 3. The fourth-order valence-electron chi connectivity index (χ4n) is 2.77. The molecule has 0 aliphatic rings. The number of anilines is 2. The highest BCUT2D eigenvalue weighted by molar-refractivity contribution is 8.00. The second-order valence-electron chi connectivity index (χ2n) is 7.38. The van der Waals surface area contributed by atoms with Gasteiger partial charge in [-0.1, -0.05) is 53.4 Å². The number of nitrogens with one attached hydrogen (secondary N) is 2. The first-order valence-electron chi connectivity index (χ1n) is 10.1. The molecule has 1 aromatic carbocycles. The molecule has 2 N–H and O–H groups in total. The Hall–Kier alpha value is -3.25. The number of hydrogen-bond acceptors (Lipinski definition) is 8. The van der Waals surface area contributed by atoms with Crippen molar-refractivity contribution in [3.8, 4) is 0 Å². The van der Waals surface area contributed by atoms with E-state index in [0.717, 1.165) is 10.1 Å². The van der Waals surface area contributed by atoms with Gasteiger partial charge in [0.1, 0.15) is 0 Å². The van der Waals surface area contributed by atoms with Crippen LogP contribution in [0.25, 0.3) is 0 Å². The Morgan fingerprint density at radius 3 is 2.39 bits per heavy atom. The number of rotatable bonds is 9.